The number of nitrogen functional groups attached to an aromatic ring is 1. The molecule has 1 saturated carbocycles. The maximum atomic E-state index is 13.3. The molecule has 6 N–H and O–H groups in total. The molecule has 3 atom stereocenters. The Morgan fingerprint density at radius 2 is 1.63 bits per heavy atom. The van der Waals surface area contributed by atoms with Crippen molar-refractivity contribution in [3.63, 3.8) is 0 Å². The van der Waals surface area contributed by atoms with E-state index in [2.05, 4.69) is 5.32 Å². The minimum Gasteiger partial charge on any atom is -0.493 e. The number of nitrogens with two attached hydrogens (primary N) is 1. The van der Waals surface area contributed by atoms with Crippen LogP contribution in [0.1, 0.15) is 55.8 Å². The minimum absolute atomic E-state index is 0.0313. The molecule has 250 valence electrons. The van der Waals surface area contributed by atoms with Crippen LogP contribution in [-0.4, -0.2) is 77.7 Å². The molecule has 4 rings (SSSR count). The number of aliphatic hydroxyl groups is 1. The van der Waals surface area contributed by atoms with Gasteiger partial charge in [-0.3, -0.25) is 4.79 Å². The van der Waals surface area contributed by atoms with Gasteiger partial charge in [-0.2, -0.15) is 5.10 Å². The van der Waals surface area contributed by atoms with Crippen molar-refractivity contribution in [3.05, 3.63) is 63.7 Å². The number of fused-ring (bicyclic) bond motifs is 1. The van der Waals surface area contributed by atoms with E-state index in [0.717, 1.165) is 49.8 Å². The third-order valence-electron chi connectivity index (χ3n) is 7.76. The zero-order valence-corrected chi connectivity index (χ0v) is 27.3. The molecule has 2 aromatic rings. The minimum atomic E-state index is -1.26. The Bertz CT molecular complexity index is 1410. The second kappa shape index (κ2) is 17.7. The van der Waals surface area contributed by atoms with E-state index in [1.165, 1.54) is 0 Å². The van der Waals surface area contributed by atoms with Gasteiger partial charge in [0, 0.05) is 42.6 Å². The summed E-state index contributed by atoms with van der Waals surface area (Å²) >= 11 is 12.2. The number of hydrogen-bond acceptors (Lipinski definition) is 9. The molecule has 2 aliphatic rings. The van der Waals surface area contributed by atoms with E-state index in [1.54, 1.807) is 31.4 Å². The van der Waals surface area contributed by atoms with Gasteiger partial charge in [0.25, 0.3) is 0 Å². The van der Waals surface area contributed by atoms with Gasteiger partial charge in [0.2, 0.25) is 5.91 Å². The molecule has 46 heavy (non-hydrogen) atoms. The number of carboxylic acids is 2. The van der Waals surface area contributed by atoms with Crippen LogP contribution in [0.25, 0.3) is 0 Å². The van der Waals surface area contributed by atoms with Crippen LogP contribution in [0.2, 0.25) is 10.0 Å². The SMILES string of the molecule is COc1ccc(C2=NN(CCCCNCC(O)c3cc(Cl)c(N)c(Cl)c3)C(=O)[C@H]3CCCC[C@@H]23)cc1OC.O=C(O)/C=C/C(=O)O. The number of hydrazone groups is 1. The van der Waals surface area contributed by atoms with E-state index >= 15 is 0 Å². The zero-order chi connectivity index (χ0) is 33.8. The lowest BCUT2D eigenvalue weighted by Gasteiger charge is -2.38. The zero-order valence-electron chi connectivity index (χ0n) is 25.7. The molecular formula is C32H40Cl2N4O8. The number of carbonyl (C=O) groups excluding carboxylic acids is 1. The van der Waals surface area contributed by atoms with Crippen molar-refractivity contribution in [2.45, 2.75) is 44.6 Å². The quantitative estimate of drug-likeness (QED) is 0.112. The number of anilines is 1. The molecule has 0 spiro atoms. The summed E-state index contributed by atoms with van der Waals surface area (Å²) in [6, 6.07) is 9.10. The Labute approximate surface area is 277 Å². The van der Waals surface area contributed by atoms with Gasteiger partial charge in [-0.25, -0.2) is 14.6 Å². The Kier molecular flexibility index (Phi) is 14.1. The number of carboxylic acid groups (broad SMARTS) is 2. The number of aliphatic carboxylic acids is 2. The highest BCUT2D eigenvalue weighted by molar-refractivity contribution is 6.38. The Morgan fingerprint density at radius 3 is 2.22 bits per heavy atom. The third kappa shape index (κ3) is 10.1. The monoisotopic (exact) mass is 678 g/mol. The van der Waals surface area contributed by atoms with Crippen LogP contribution in [-0.2, 0) is 14.4 Å². The summed E-state index contributed by atoms with van der Waals surface area (Å²) in [5.41, 5.74) is 8.61. The molecule has 1 aliphatic carbocycles. The van der Waals surface area contributed by atoms with Crippen LogP contribution in [0.3, 0.4) is 0 Å². The highest BCUT2D eigenvalue weighted by Crippen LogP contribution is 2.39. The van der Waals surface area contributed by atoms with Gasteiger partial charge in [-0.15, -0.1) is 0 Å². The number of hydrogen-bond donors (Lipinski definition) is 5. The number of ether oxygens (including phenoxy) is 2. The second-order valence-electron chi connectivity index (χ2n) is 10.8. The first-order valence-electron chi connectivity index (χ1n) is 14.9. The molecular weight excluding hydrogens is 639 g/mol. The summed E-state index contributed by atoms with van der Waals surface area (Å²) in [6.45, 7) is 1.59. The number of halogens is 2. The van der Waals surface area contributed by atoms with Crippen LogP contribution in [0.4, 0.5) is 5.69 Å². The van der Waals surface area contributed by atoms with Crippen LogP contribution in [0.5, 0.6) is 11.5 Å². The number of unbranched alkanes of at least 4 members (excludes halogenated alkanes) is 1. The molecule has 1 unspecified atom stereocenters. The normalized spacial score (nSPS) is 18.2. The van der Waals surface area contributed by atoms with Gasteiger partial charge in [0.05, 0.1) is 41.8 Å². The van der Waals surface area contributed by atoms with Crippen LogP contribution >= 0.6 is 23.2 Å². The summed E-state index contributed by atoms with van der Waals surface area (Å²) < 4.78 is 10.9. The van der Waals surface area contributed by atoms with Crippen molar-refractivity contribution < 1.29 is 39.2 Å². The molecule has 1 amide bonds. The van der Waals surface area contributed by atoms with Crippen LogP contribution < -0.4 is 20.5 Å². The third-order valence-corrected chi connectivity index (χ3v) is 8.39. The number of benzene rings is 2. The first kappa shape index (κ1) is 36.6. The molecule has 1 heterocycles. The molecule has 0 aromatic heterocycles. The van der Waals surface area contributed by atoms with Crippen molar-refractivity contribution in [2.24, 2.45) is 16.9 Å². The largest absolute Gasteiger partial charge is 0.493 e. The summed E-state index contributed by atoms with van der Waals surface area (Å²) in [7, 11) is 3.24. The van der Waals surface area contributed by atoms with Gasteiger partial charge in [0.15, 0.2) is 11.5 Å². The lowest BCUT2D eigenvalue weighted by atomic mass is 9.73. The highest BCUT2D eigenvalue weighted by Gasteiger charge is 2.41. The molecule has 0 radical (unpaired) electrons. The first-order chi connectivity index (χ1) is 22.0. The Morgan fingerprint density at radius 1 is 1.02 bits per heavy atom. The fourth-order valence-corrected chi connectivity index (χ4v) is 5.94. The Balaban J connectivity index is 0.000000637. The smallest absolute Gasteiger partial charge is 0.328 e. The summed E-state index contributed by atoms with van der Waals surface area (Å²) in [5.74, 6) is -0.972. The second-order valence-corrected chi connectivity index (χ2v) is 11.7. The summed E-state index contributed by atoms with van der Waals surface area (Å²) in [5, 5.41) is 36.5. The van der Waals surface area contributed by atoms with E-state index in [-0.39, 0.29) is 17.7 Å². The molecule has 2 aromatic carbocycles. The number of methoxy groups -OCH3 is 2. The molecule has 12 nitrogen and oxygen atoms in total. The molecule has 14 heteroatoms. The van der Waals surface area contributed by atoms with Crippen molar-refractivity contribution >= 4 is 52.4 Å². The number of nitrogens with zero attached hydrogens (tertiary/aromatic N) is 2. The van der Waals surface area contributed by atoms with E-state index in [1.807, 2.05) is 18.2 Å². The number of amides is 1. The van der Waals surface area contributed by atoms with Crippen LogP contribution in [0.15, 0.2) is 47.6 Å². The topological polar surface area (TPSA) is 184 Å². The lowest BCUT2D eigenvalue weighted by Crippen LogP contribution is -2.46. The maximum Gasteiger partial charge on any atom is 0.328 e. The maximum absolute atomic E-state index is 13.3. The van der Waals surface area contributed by atoms with Crippen LogP contribution in [0, 0.1) is 11.8 Å². The number of carbonyl (C=O) groups is 3. The average Bonchev–Trinajstić information content (AvgIpc) is 3.04. The lowest BCUT2D eigenvalue weighted by molar-refractivity contribution is -0.139. The van der Waals surface area contributed by atoms with E-state index in [4.69, 9.17) is 53.7 Å². The Hall–Kier alpha value is -3.84. The predicted molar refractivity (Wildman–Crippen MR) is 176 cm³/mol. The highest BCUT2D eigenvalue weighted by atomic mass is 35.5. The fourth-order valence-electron chi connectivity index (χ4n) is 5.43. The van der Waals surface area contributed by atoms with Gasteiger partial charge < -0.3 is 35.8 Å². The van der Waals surface area contributed by atoms with Gasteiger partial charge in [-0.1, -0.05) is 36.0 Å². The fraction of sp³-hybridized carbons (Fsp3) is 0.438. The molecule has 0 saturated heterocycles. The van der Waals surface area contributed by atoms with Gasteiger partial charge >= 0.3 is 11.9 Å². The van der Waals surface area contributed by atoms with Crippen molar-refractivity contribution in [1.82, 2.24) is 10.3 Å². The van der Waals surface area contributed by atoms with Gasteiger partial charge in [0.1, 0.15) is 0 Å². The number of aliphatic hydroxyl groups excluding tert-OH is 1. The number of rotatable bonds is 13. The molecule has 0 bridgehead atoms. The van der Waals surface area contributed by atoms with Crippen molar-refractivity contribution in [1.29, 1.82) is 0 Å². The predicted octanol–water partition coefficient (Wildman–Crippen LogP) is 4.76. The average molecular weight is 680 g/mol. The van der Waals surface area contributed by atoms with Crippen molar-refractivity contribution in [2.75, 3.05) is 39.6 Å². The molecule has 1 aliphatic heterocycles. The summed E-state index contributed by atoms with van der Waals surface area (Å²) in [6.07, 6.45) is 6.00. The molecule has 1 fully saturated rings. The van der Waals surface area contributed by atoms with Gasteiger partial charge in [-0.05, 0) is 68.1 Å². The van der Waals surface area contributed by atoms with E-state index in [9.17, 15) is 19.5 Å². The standard InChI is InChI=1S/C28H36Cl2N4O4.C4H4O4/c1-37-24-10-9-17(15-25(24)38-2)27-19-7-3-4-8-20(19)28(36)34(33-27)12-6-5-11-32-16-23(35)18-13-21(29)26(31)22(30)14-18;5-3(6)1-2-4(7)8/h9-10,13-15,19-20,23,32,35H,3-8,11-12,16,31H2,1-2H3;1-2H,(H,5,6)(H,7,8)/b;2-1+/t19-,20+,23?;/m1./s1. The van der Waals surface area contributed by atoms with E-state index in [0.29, 0.717) is 64.6 Å². The number of nitrogens with one attached hydrogen (secondary N) is 1. The summed E-state index contributed by atoms with van der Waals surface area (Å²) in [4.78, 5) is 32.4. The van der Waals surface area contributed by atoms with Crippen molar-refractivity contribution in [3.8, 4) is 11.5 Å². The first-order valence-corrected chi connectivity index (χ1v) is 15.6. The van der Waals surface area contributed by atoms with E-state index < -0.39 is 18.0 Å².